The van der Waals surface area contributed by atoms with Crippen molar-refractivity contribution in [2.45, 2.75) is 25.8 Å². The lowest BCUT2D eigenvalue weighted by atomic mass is 10.0. The molecule has 1 unspecified atom stereocenters. The topological polar surface area (TPSA) is 24.9 Å². The van der Waals surface area contributed by atoms with Gasteiger partial charge in [0.05, 0.1) is 5.69 Å². The summed E-state index contributed by atoms with van der Waals surface area (Å²) >= 11 is 0. The third-order valence-corrected chi connectivity index (χ3v) is 3.06. The van der Waals surface area contributed by atoms with Gasteiger partial charge in [0.15, 0.2) is 0 Å². The molecular weight excluding hydrogens is 220 g/mol. The van der Waals surface area contributed by atoms with Crippen LogP contribution in [0.1, 0.15) is 30.6 Å². The maximum Gasteiger partial charge on any atom is 0.0573 e. The molecular formula is C16H20N2. The van der Waals surface area contributed by atoms with E-state index in [1.165, 1.54) is 5.56 Å². The van der Waals surface area contributed by atoms with E-state index in [0.717, 1.165) is 25.1 Å². The fourth-order valence-corrected chi connectivity index (χ4v) is 2.14. The van der Waals surface area contributed by atoms with Crippen molar-refractivity contribution in [3.05, 3.63) is 66.0 Å². The molecule has 1 aromatic carbocycles. The summed E-state index contributed by atoms with van der Waals surface area (Å²) in [5.74, 6) is 0. The highest BCUT2D eigenvalue weighted by molar-refractivity contribution is 5.16. The summed E-state index contributed by atoms with van der Waals surface area (Å²) in [6.45, 7) is 3.11. The summed E-state index contributed by atoms with van der Waals surface area (Å²) < 4.78 is 0. The summed E-state index contributed by atoms with van der Waals surface area (Å²) in [5.41, 5.74) is 2.52. The smallest absolute Gasteiger partial charge is 0.0573 e. The Kier molecular flexibility index (Phi) is 4.91. The van der Waals surface area contributed by atoms with Gasteiger partial charge in [0.2, 0.25) is 0 Å². The average molecular weight is 240 g/mol. The average Bonchev–Trinajstić information content (AvgIpc) is 2.45. The molecule has 2 aromatic rings. The van der Waals surface area contributed by atoms with Crippen molar-refractivity contribution in [3.8, 4) is 0 Å². The van der Waals surface area contributed by atoms with Crippen molar-refractivity contribution in [1.29, 1.82) is 0 Å². The molecule has 0 fully saturated rings. The summed E-state index contributed by atoms with van der Waals surface area (Å²) in [5, 5.41) is 3.51. The minimum absolute atomic E-state index is 0.344. The number of benzene rings is 1. The lowest BCUT2D eigenvalue weighted by Crippen LogP contribution is -2.22. The van der Waals surface area contributed by atoms with E-state index in [2.05, 4.69) is 59.7 Å². The van der Waals surface area contributed by atoms with Gasteiger partial charge in [-0.25, -0.2) is 0 Å². The number of rotatable bonds is 6. The SMILES string of the molecule is CCNC(CCc1ccccc1)c1ccccn1. The largest absolute Gasteiger partial charge is 0.309 e. The standard InChI is InChI=1S/C16H20N2/c1-2-17-16(15-10-6-7-13-18-15)12-11-14-8-4-3-5-9-14/h3-10,13,16-17H,2,11-12H2,1H3. The summed E-state index contributed by atoms with van der Waals surface area (Å²) in [6.07, 6.45) is 4.02. The van der Waals surface area contributed by atoms with Crippen LogP contribution < -0.4 is 5.32 Å². The van der Waals surface area contributed by atoms with Crippen molar-refractivity contribution in [3.63, 3.8) is 0 Å². The molecule has 2 rings (SSSR count). The minimum Gasteiger partial charge on any atom is -0.309 e. The van der Waals surface area contributed by atoms with Gasteiger partial charge in [-0.3, -0.25) is 4.98 Å². The van der Waals surface area contributed by atoms with Gasteiger partial charge in [0.25, 0.3) is 0 Å². The first-order valence-electron chi connectivity index (χ1n) is 6.58. The Labute approximate surface area is 109 Å². The molecule has 1 aromatic heterocycles. The van der Waals surface area contributed by atoms with Gasteiger partial charge in [0, 0.05) is 12.2 Å². The van der Waals surface area contributed by atoms with Gasteiger partial charge < -0.3 is 5.32 Å². The monoisotopic (exact) mass is 240 g/mol. The van der Waals surface area contributed by atoms with Crippen LogP contribution in [-0.4, -0.2) is 11.5 Å². The second kappa shape index (κ2) is 6.92. The molecule has 0 saturated carbocycles. The van der Waals surface area contributed by atoms with Gasteiger partial charge in [-0.05, 0) is 37.1 Å². The zero-order valence-corrected chi connectivity index (χ0v) is 10.8. The molecule has 0 bridgehead atoms. The fourth-order valence-electron chi connectivity index (χ4n) is 2.14. The Morgan fingerprint density at radius 1 is 1.06 bits per heavy atom. The zero-order chi connectivity index (χ0) is 12.6. The molecule has 0 saturated heterocycles. The second-order valence-electron chi connectivity index (χ2n) is 4.39. The van der Waals surface area contributed by atoms with Crippen LogP contribution in [-0.2, 0) is 6.42 Å². The molecule has 18 heavy (non-hydrogen) atoms. The van der Waals surface area contributed by atoms with E-state index < -0.39 is 0 Å². The maximum atomic E-state index is 4.45. The van der Waals surface area contributed by atoms with E-state index in [-0.39, 0.29) is 0 Å². The van der Waals surface area contributed by atoms with Crippen LogP contribution in [0.4, 0.5) is 0 Å². The number of nitrogens with one attached hydrogen (secondary N) is 1. The van der Waals surface area contributed by atoms with E-state index in [9.17, 15) is 0 Å². The highest BCUT2D eigenvalue weighted by Crippen LogP contribution is 2.16. The minimum atomic E-state index is 0.344. The Morgan fingerprint density at radius 2 is 1.83 bits per heavy atom. The number of hydrogen-bond acceptors (Lipinski definition) is 2. The molecule has 0 aliphatic carbocycles. The molecule has 0 aliphatic heterocycles. The van der Waals surface area contributed by atoms with Gasteiger partial charge in [-0.1, -0.05) is 43.3 Å². The van der Waals surface area contributed by atoms with E-state index >= 15 is 0 Å². The summed E-state index contributed by atoms with van der Waals surface area (Å²) in [4.78, 5) is 4.45. The molecule has 1 heterocycles. The molecule has 0 amide bonds. The van der Waals surface area contributed by atoms with Crippen LogP contribution in [0.15, 0.2) is 54.7 Å². The van der Waals surface area contributed by atoms with Crippen LogP contribution in [0.3, 0.4) is 0 Å². The van der Waals surface area contributed by atoms with Gasteiger partial charge in [-0.2, -0.15) is 0 Å². The van der Waals surface area contributed by atoms with Gasteiger partial charge in [-0.15, -0.1) is 0 Å². The number of aryl methyl sites for hydroxylation is 1. The number of pyridine rings is 1. The predicted molar refractivity (Wildman–Crippen MR) is 75.4 cm³/mol. The molecule has 2 heteroatoms. The van der Waals surface area contributed by atoms with Crippen LogP contribution in [0.5, 0.6) is 0 Å². The zero-order valence-electron chi connectivity index (χ0n) is 10.8. The van der Waals surface area contributed by atoms with E-state index in [4.69, 9.17) is 0 Å². The lowest BCUT2D eigenvalue weighted by molar-refractivity contribution is 0.504. The van der Waals surface area contributed by atoms with Crippen molar-refractivity contribution in [1.82, 2.24) is 10.3 Å². The normalized spacial score (nSPS) is 12.3. The molecule has 0 aliphatic rings. The molecule has 1 atom stereocenters. The van der Waals surface area contributed by atoms with Gasteiger partial charge in [0.1, 0.15) is 0 Å². The Balaban J connectivity index is 1.99. The van der Waals surface area contributed by atoms with E-state index in [1.54, 1.807) is 0 Å². The van der Waals surface area contributed by atoms with E-state index in [1.807, 2.05) is 12.3 Å². The fraction of sp³-hybridized carbons (Fsp3) is 0.312. The molecule has 1 N–H and O–H groups in total. The first kappa shape index (κ1) is 12.8. The highest BCUT2D eigenvalue weighted by atomic mass is 14.9. The Bertz CT molecular complexity index is 439. The van der Waals surface area contributed by atoms with Crippen LogP contribution in [0, 0.1) is 0 Å². The highest BCUT2D eigenvalue weighted by Gasteiger charge is 2.10. The van der Waals surface area contributed by atoms with E-state index in [0.29, 0.717) is 6.04 Å². The number of aromatic nitrogens is 1. The van der Waals surface area contributed by atoms with Crippen molar-refractivity contribution >= 4 is 0 Å². The number of hydrogen-bond donors (Lipinski definition) is 1. The quantitative estimate of drug-likeness (QED) is 0.837. The molecule has 0 spiro atoms. The third-order valence-electron chi connectivity index (χ3n) is 3.06. The van der Waals surface area contributed by atoms with Crippen molar-refractivity contribution in [2.75, 3.05) is 6.54 Å². The van der Waals surface area contributed by atoms with Crippen LogP contribution in [0.2, 0.25) is 0 Å². The predicted octanol–water partition coefficient (Wildman–Crippen LogP) is 3.37. The number of nitrogens with zero attached hydrogens (tertiary/aromatic N) is 1. The van der Waals surface area contributed by atoms with Gasteiger partial charge >= 0.3 is 0 Å². The van der Waals surface area contributed by atoms with Crippen molar-refractivity contribution < 1.29 is 0 Å². The van der Waals surface area contributed by atoms with Crippen LogP contribution in [0.25, 0.3) is 0 Å². The first-order chi connectivity index (χ1) is 8.90. The first-order valence-corrected chi connectivity index (χ1v) is 6.58. The Hall–Kier alpha value is -1.67. The van der Waals surface area contributed by atoms with Crippen molar-refractivity contribution in [2.24, 2.45) is 0 Å². The molecule has 2 nitrogen and oxygen atoms in total. The summed E-state index contributed by atoms with van der Waals surface area (Å²) in [6, 6.07) is 17.1. The maximum absolute atomic E-state index is 4.45. The molecule has 94 valence electrons. The second-order valence-corrected chi connectivity index (χ2v) is 4.39. The lowest BCUT2D eigenvalue weighted by Gasteiger charge is -2.17. The Morgan fingerprint density at radius 3 is 2.50 bits per heavy atom. The third kappa shape index (κ3) is 3.67. The van der Waals surface area contributed by atoms with Crippen LogP contribution >= 0.6 is 0 Å². The summed E-state index contributed by atoms with van der Waals surface area (Å²) in [7, 11) is 0. The molecule has 0 radical (unpaired) electrons.